The summed E-state index contributed by atoms with van der Waals surface area (Å²) in [6, 6.07) is 6.29. The smallest absolute Gasteiger partial charge is 0.259 e. The van der Waals surface area contributed by atoms with Crippen molar-refractivity contribution in [1.82, 2.24) is 15.0 Å². The number of amides is 1. The van der Waals surface area contributed by atoms with Crippen molar-refractivity contribution in [3.8, 4) is 11.3 Å². The summed E-state index contributed by atoms with van der Waals surface area (Å²) < 4.78 is 53.9. The Kier molecular flexibility index (Phi) is 8.64. The van der Waals surface area contributed by atoms with Crippen molar-refractivity contribution in [2.45, 2.75) is 61.9 Å². The van der Waals surface area contributed by atoms with Crippen LogP contribution in [0, 0.1) is 17.5 Å². The van der Waals surface area contributed by atoms with Gasteiger partial charge in [-0.3, -0.25) is 4.79 Å². The first-order valence-electron chi connectivity index (χ1n) is 12.9. The molecular formula is C27H28ClF3N4O6. The summed E-state index contributed by atoms with van der Waals surface area (Å²) in [5.74, 6) is -5.08. The molecule has 5 rings (SSSR count). The number of carbonyl (C=O) groups excluding carboxylic acids is 1. The second kappa shape index (κ2) is 12.0. The fourth-order valence-corrected chi connectivity index (χ4v) is 5.77. The minimum atomic E-state index is -1.63. The zero-order chi connectivity index (χ0) is 29.4. The Morgan fingerprint density at radius 1 is 1.20 bits per heavy atom. The molecule has 2 aromatic carbocycles. The molecule has 1 saturated heterocycles. The third-order valence-electron chi connectivity index (χ3n) is 7.58. The predicted molar refractivity (Wildman–Crippen MR) is 140 cm³/mol. The van der Waals surface area contributed by atoms with Crippen molar-refractivity contribution < 1.29 is 42.8 Å². The highest BCUT2D eigenvalue weighted by molar-refractivity contribution is 6.31. The average molecular weight is 597 g/mol. The van der Waals surface area contributed by atoms with Crippen LogP contribution in [0.5, 0.6) is 0 Å². The van der Waals surface area contributed by atoms with Crippen molar-refractivity contribution >= 4 is 23.2 Å². The molecule has 41 heavy (non-hydrogen) atoms. The maximum absolute atomic E-state index is 14.2. The van der Waals surface area contributed by atoms with E-state index in [1.165, 1.54) is 18.2 Å². The molecule has 2 fully saturated rings. The molecule has 14 heteroatoms. The first-order chi connectivity index (χ1) is 19.6. The van der Waals surface area contributed by atoms with E-state index in [1.54, 1.807) is 24.3 Å². The fourth-order valence-electron chi connectivity index (χ4n) is 5.58. The Hall–Kier alpha value is -3.07. The van der Waals surface area contributed by atoms with Crippen LogP contribution < -0.4 is 4.90 Å². The summed E-state index contributed by atoms with van der Waals surface area (Å²) >= 11 is 6.22. The van der Waals surface area contributed by atoms with Gasteiger partial charge >= 0.3 is 0 Å². The van der Waals surface area contributed by atoms with Crippen LogP contribution in [0.4, 0.5) is 18.9 Å². The highest BCUT2D eigenvalue weighted by atomic mass is 35.5. The molecule has 1 aliphatic carbocycles. The van der Waals surface area contributed by atoms with Gasteiger partial charge in [0.1, 0.15) is 30.0 Å². The number of rotatable bonds is 7. The average Bonchev–Trinajstić information content (AvgIpc) is 3.61. The van der Waals surface area contributed by atoms with Crippen molar-refractivity contribution in [1.29, 1.82) is 0 Å². The number of ether oxygens (including phenoxy) is 2. The fraction of sp³-hybridized carbons (Fsp3) is 0.444. The van der Waals surface area contributed by atoms with Gasteiger partial charge in [-0.2, -0.15) is 0 Å². The Balaban J connectivity index is 1.53. The van der Waals surface area contributed by atoms with Crippen LogP contribution in [0.1, 0.15) is 25.3 Å². The zero-order valence-electron chi connectivity index (χ0n) is 21.8. The van der Waals surface area contributed by atoms with Crippen LogP contribution in [0.2, 0.25) is 5.02 Å². The molecule has 1 saturated carbocycles. The molecule has 0 bridgehead atoms. The summed E-state index contributed by atoms with van der Waals surface area (Å²) in [6.07, 6.45) is -3.19. The van der Waals surface area contributed by atoms with Crippen molar-refractivity contribution in [2.24, 2.45) is 0 Å². The SMILES string of the molecule is COC1C(C(=O)N(c2cccc(Cl)c2)[C@H]2CCC[C@@H]2O)OC(CO)C(O)C1n1cc(-c2cc(F)c(F)c(F)c2)nn1. The Labute approximate surface area is 237 Å². The zero-order valence-corrected chi connectivity index (χ0v) is 22.5. The van der Waals surface area contributed by atoms with Gasteiger partial charge in [-0.25, -0.2) is 17.9 Å². The molecule has 7 atom stereocenters. The number of carbonyl (C=O) groups is 1. The number of nitrogens with zero attached hydrogens (tertiary/aromatic N) is 4. The maximum Gasteiger partial charge on any atom is 0.259 e. The van der Waals surface area contributed by atoms with Gasteiger partial charge in [-0.05, 0) is 49.6 Å². The first-order valence-corrected chi connectivity index (χ1v) is 13.3. The van der Waals surface area contributed by atoms with E-state index in [4.69, 9.17) is 21.1 Å². The second-order valence-corrected chi connectivity index (χ2v) is 10.5. The summed E-state index contributed by atoms with van der Waals surface area (Å²) in [6.45, 7) is -0.670. The number of methoxy groups -OCH3 is 1. The molecule has 3 N–H and O–H groups in total. The number of aromatic nitrogens is 3. The topological polar surface area (TPSA) is 130 Å². The summed E-state index contributed by atoms with van der Waals surface area (Å²) in [7, 11) is 1.30. The number of hydrogen-bond acceptors (Lipinski definition) is 8. The van der Waals surface area contributed by atoms with Crippen molar-refractivity contribution in [3.63, 3.8) is 0 Å². The third-order valence-corrected chi connectivity index (χ3v) is 7.81. The molecule has 5 unspecified atom stereocenters. The van der Waals surface area contributed by atoms with E-state index in [1.807, 2.05) is 0 Å². The summed E-state index contributed by atoms with van der Waals surface area (Å²) in [5, 5.41) is 40.1. The lowest BCUT2D eigenvalue weighted by molar-refractivity contribution is -0.211. The van der Waals surface area contributed by atoms with E-state index >= 15 is 0 Å². The van der Waals surface area contributed by atoms with Gasteiger partial charge in [-0.15, -0.1) is 5.10 Å². The van der Waals surface area contributed by atoms with Crippen LogP contribution >= 0.6 is 11.6 Å². The van der Waals surface area contributed by atoms with E-state index in [0.29, 0.717) is 30.0 Å². The molecule has 0 radical (unpaired) electrons. The molecule has 0 spiro atoms. The van der Waals surface area contributed by atoms with Gasteiger partial charge in [0.15, 0.2) is 23.6 Å². The molecule has 2 heterocycles. The highest BCUT2D eigenvalue weighted by Gasteiger charge is 2.52. The van der Waals surface area contributed by atoms with Crippen LogP contribution in [0.3, 0.4) is 0 Å². The molecule has 2 aliphatic rings. The Bertz CT molecular complexity index is 1390. The highest BCUT2D eigenvalue weighted by Crippen LogP contribution is 2.37. The number of aliphatic hydroxyl groups excluding tert-OH is 3. The van der Waals surface area contributed by atoms with E-state index < -0.39 is 72.6 Å². The number of aliphatic hydroxyl groups is 3. The van der Waals surface area contributed by atoms with E-state index in [-0.39, 0.29) is 11.3 Å². The second-order valence-electron chi connectivity index (χ2n) is 10.1. The van der Waals surface area contributed by atoms with E-state index in [0.717, 1.165) is 16.8 Å². The monoisotopic (exact) mass is 596 g/mol. The lowest BCUT2D eigenvalue weighted by Gasteiger charge is -2.45. The first kappa shape index (κ1) is 29.4. The van der Waals surface area contributed by atoms with Gasteiger partial charge in [0.25, 0.3) is 5.91 Å². The van der Waals surface area contributed by atoms with Gasteiger partial charge in [0.2, 0.25) is 0 Å². The number of benzene rings is 2. The van der Waals surface area contributed by atoms with Crippen LogP contribution in [0.15, 0.2) is 42.6 Å². The number of halogens is 4. The van der Waals surface area contributed by atoms with Gasteiger partial charge in [0.05, 0.1) is 24.9 Å². The van der Waals surface area contributed by atoms with E-state index in [2.05, 4.69) is 10.3 Å². The molecule has 1 aromatic heterocycles. The molecular weight excluding hydrogens is 569 g/mol. The minimum Gasteiger partial charge on any atom is -0.394 e. The van der Waals surface area contributed by atoms with Crippen LogP contribution in [-0.4, -0.2) is 86.5 Å². The number of hydrogen-bond donors (Lipinski definition) is 3. The van der Waals surface area contributed by atoms with Crippen LogP contribution in [-0.2, 0) is 14.3 Å². The van der Waals surface area contributed by atoms with Crippen LogP contribution in [0.25, 0.3) is 11.3 Å². The quantitative estimate of drug-likeness (QED) is 0.355. The lowest BCUT2D eigenvalue weighted by atomic mass is 9.91. The largest absolute Gasteiger partial charge is 0.394 e. The van der Waals surface area contributed by atoms with Gasteiger partial charge in [-0.1, -0.05) is 22.9 Å². The Morgan fingerprint density at radius 2 is 1.93 bits per heavy atom. The molecule has 1 aliphatic heterocycles. The van der Waals surface area contributed by atoms with Crippen molar-refractivity contribution in [2.75, 3.05) is 18.6 Å². The summed E-state index contributed by atoms with van der Waals surface area (Å²) in [5.41, 5.74) is 0.254. The van der Waals surface area contributed by atoms with Crippen molar-refractivity contribution in [3.05, 3.63) is 65.1 Å². The molecule has 10 nitrogen and oxygen atoms in total. The van der Waals surface area contributed by atoms with E-state index in [9.17, 15) is 33.3 Å². The number of anilines is 1. The third kappa shape index (κ3) is 5.57. The minimum absolute atomic E-state index is 0.0469. The van der Waals surface area contributed by atoms with Gasteiger partial charge in [0, 0.05) is 23.4 Å². The summed E-state index contributed by atoms with van der Waals surface area (Å²) in [4.78, 5) is 15.6. The molecule has 3 aromatic rings. The molecule has 1 amide bonds. The Morgan fingerprint density at radius 3 is 2.54 bits per heavy atom. The maximum atomic E-state index is 14.2. The predicted octanol–water partition coefficient (Wildman–Crippen LogP) is 2.64. The lowest BCUT2D eigenvalue weighted by Crippen LogP contribution is -2.62. The normalized spacial score (nSPS) is 28.1. The standard InChI is InChI=1S/C27H28ClF3N4O6/c1-40-25-23(34-11-18(32-33-34)13-8-16(29)22(31)17(30)9-13)24(38)21(12-36)41-26(25)27(39)35(19-6-3-7-20(19)37)15-5-2-4-14(28)10-15/h2,4-5,8-11,19-21,23-26,36-38H,3,6-7,12H2,1H3/t19-,20-,21?,23?,24?,25?,26?/m0/s1. The van der Waals surface area contributed by atoms with Gasteiger partial charge < -0.3 is 29.7 Å². The molecule has 220 valence electrons.